The third-order valence-electron chi connectivity index (χ3n) is 5.36. The van der Waals surface area contributed by atoms with E-state index in [0.717, 1.165) is 0 Å². The van der Waals surface area contributed by atoms with E-state index < -0.39 is 5.72 Å². The minimum atomic E-state index is -0.585. The summed E-state index contributed by atoms with van der Waals surface area (Å²) >= 11 is 0. The van der Waals surface area contributed by atoms with Crippen molar-refractivity contribution in [2.24, 2.45) is 5.92 Å². The van der Waals surface area contributed by atoms with Crippen LogP contribution < -0.4 is 0 Å². The number of nitrogens with one attached hydrogen (secondary N) is 1. The van der Waals surface area contributed by atoms with Crippen molar-refractivity contribution in [2.75, 3.05) is 13.2 Å². The zero-order valence-corrected chi connectivity index (χ0v) is 12.9. The predicted molar refractivity (Wildman–Crippen MR) is 79.0 cm³/mol. The summed E-state index contributed by atoms with van der Waals surface area (Å²) < 4.78 is 6.13. The molecule has 3 aliphatic heterocycles. The van der Waals surface area contributed by atoms with Crippen LogP contribution in [-0.4, -0.2) is 57.6 Å². The van der Waals surface area contributed by atoms with Crippen LogP contribution in [0.5, 0.6) is 0 Å². The monoisotopic (exact) mass is 303 g/mol. The average molecular weight is 303 g/mol. The number of aromatic nitrogens is 1. The molecule has 3 saturated heterocycles. The lowest BCUT2D eigenvalue weighted by Crippen LogP contribution is -2.51. The molecular weight excluding hydrogens is 282 g/mol. The molecule has 0 aromatic carbocycles. The second-order valence-electron chi connectivity index (χ2n) is 6.80. The number of ether oxygens (including phenoxy) is 1. The molecule has 0 saturated carbocycles. The minimum absolute atomic E-state index is 0.0191. The van der Waals surface area contributed by atoms with Crippen LogP contribution in [0.15, 0.2) is 18.5 Å². The van der Waals surface area contributed by atoms with Gasteiger partial charge in [-0.3, -0.25) is 9.59 Å². The van der Waals surface area contributed by atoms with Gasteiger partial charge in [0.15, 0.2) is 5.72 Å². The highest BCUT2D eigenvalue weighted by atomic mass is 16.5. The van der Waals surface area contributed by atoms with Gasteiger partial charge in [-0.15, -0.1) is 0 Å². The van der Waals surface area contributed by atoms with E-state index in [1.54, 1.807) is 18.5 Å². The van der Waals surface area contributed by atoms with Crippen molar-refractivity contribution in [1.29, 1.82) is 0 Å². The first-order chi connectivity index (χ1) is 10.5. The SMILES string of the molecule is CC(C)[C@@H]1CO[C@@]23CCN(C(=O)c4cc[nH]c4)[C@@H]2CC(=O)N13. The highest BCUT2D eigenvalue weighted by molar-refractivity contribution is 5.95. The van der Waals surface area contributed by atoms with Gasteiger partial charge in [0.1, 0.15) is 0 Å². The second-order valence-corrected chi connectivity index (χ2v) is 6.80. The molecule has 1 spiro atoms. The van der Waals surface area contributed by atoms with Crippen molar-refractivity contribution in [2.45, 2.75) is 44.5 Å². The number of likely N-dealkylation sites (tertiary alicyclic amines) is 1. The van der Waals surface area contributed by atoms with Crippen LogP contribution >= 0.6 is 0 Å². The Morgan fingerprint density at radius 3 is 3.00 bits per heavy atom. The Morgan fingerprint density at radius 1 is 1.50 bits per heavy atom. The number of nitrogens with zero attached hydrogens (tertiary/aromatic N) is 2. The van der Waals surface area contributed by atoms with Crippen LogP contribution in [0.1, 0.15) is 37.0 Å². The molecule has 2 amide bonds. The van der Waals surface area contributed by atoms with Gasteiger partial charge < -0.3 is 19.5 Å². The molecule has 0 aliphatic carbocycles. The van der Waals surface area contributed by atoms with Gasteiger partial charge in [0.25, 0.3) is 5.91 Å². The van der Waals surface area contributed by atoms with E-state index in [4.69, 9.17) is 4.74 Å². The maximum atomic E-state index is 12.7. The zero-order valence-electron chi connectivity index (χ0n) is 12.9. The lowest BCUT2D eigenvalue weighted by molar-refractivity contribution is -0.139. The zero-order chi connectivity index (χ0) is 15.5. The molecule has 3 fully saturated rings. The van der Waals surface area contributed by atoms with Gasteiger partial charge in [-0.2, -0.15) is 0 Å². The Balaban J connectivity index is 1.65. The van der Waals surface area contributed by atoms with E-state index >= 15 is 0 Å². The van der Waals surface area contributed by atoms with Gasteiger partial charge in [-0.1, -0.05) is 13.8 Å². The van der Waals surface area contributed by atoms with Gasteiger partial charge in [-0.05, 0) is 12.0 Å². The molecular formula is C16H21N3O3. The quantitative estimate of drug-likeness (QED) is 0.893. The molecule has 6 heteroatoms. The van der Waals surface area contributed by atoms with Crippen molar-refractivity contribution in [3.8, 4) is 0 Å². The fourth-order valence-corrected chi connectivity index (χ4v) is 4.24. The van der Waals surface area contributed by atoms with Crippen LogP contribution in [0, 0.1) is 5.92 Å². The minimum Gasteiger partial charge on any atom is -0.367 e. The highest BCUT2D eigenvalue weighted by Gasteiger charge is 2.65. The van der Waals surface area contributed by atoms with E-state index in [1.807, 2.05) is 9.80 Å². The number of hydrogen-bond donors (Lipinski definition) is 1. The third kappa shape index (κ3) is 1.64. The van der Waals surface area contributed by atoms with Crippen molar-refractivity contribution >= 4 is 11.8 Å². The molecule has 1 N–H and O–H groups in total. The van der Waals surface area contributed by atoms with Gasteiger partial charge >= 0.3 is 0 Å². The summed E-state index contributed by atoms with van der Waals surface area (Å²) in [5, 5.41) is 0. The normalized spacial score (nSPS) is 33.7. The molecule has 1 aromatic heterocycles. The lowest BCUT2D eigenvalue weighted by atomic mass is 10.0. The molecule has 0 bridgehead atoms. The average Bonchev–Trinajstić information content (AvgIpc) is 3.20. The maximum Gasteiger partial charge on any atom is 0.255 e. The fourth-order valence-electron chi connectivity index (χ4n) is 4.24. The summed E-state index contributed by atoms with van der Waals surface area (Å²) in [5.41, 5.74) is 0.0548. The number of rotatable bonds is 2. The largest absolute Gasteiger partial charge is 0.367 e. The molecule has 22 heavy (non-hydrogen) atoms. The van der Waals surface area contributed by atoms with E-state index in [9.17, 15) is 9.59 Å². The van der Waals surface area contributed by atoms with Crippen molar-refractivity contribution in [1.82, 2.24) is 14.8 Å². The summed E-state index contributed by atoms with van der Waals surface area (Å²) in [5.74, 6) is 0.457. The van der Waals surface area contributed by atoms with Gasteiger partial charge in [-0.25, -0.2) is 0 Å². The summed E-state index contributed by atoms with van der Waals surface area (Å²) in [7, 11) is 0. The third-order valence-corrected chi connectivity index (χ3v) is 5.36. The molecule has 4 rings (SSSR count). The number of hydrogen-bond acceptors (Lipinski definition) is 3. The summed E-state index contributed by atoms with van der Waals surface area (Å²) in [6, 6.07) is 1.74. The Labute approximate surface area is 129 Å². The van der Waals surface area contributed by atoms with Gasteiger partial charge in [0, 0.05) is 25.4 Å². The predicted octanol–water partition coefficient (Wildman–Crippen LogP) is 1.21. The number of carbonyl (C=O) groups excluding carboxylic acids is 2. The second kappa shape index (κ2) is 4.59. The standard InChI is InChI=1S/C16H21N3O3/c1-10(2)12-9-22-16-4-6-18(13(16)7-14(20)19(12)16)15(21)11-3-5-17-8-11/h3,5,8,10,12-13,17H,4,6-7,9H2,1-2H3/t12-,13+,16-/m0/s1. The number of amides is 2. The molecule has 0 radical (unpaired) electrons. The van der Waals surface area contributed by atoms with Crippen molar-refractivity contribution in [3.63, 3.8) is 0 Å². The van der Waals surface area contributed by atoms with Crippen molar-refractivity contribution in [3.05, 3.63) is 24.0 Å². The van der Waals surface area contributed by atoms with E-state index in [0.29, 0.717) is 37.5 Å². The molecule has 0 unspecified atom stereocenters. The first-order valence-corrected chi connectivity index (χ1v) is 7.94. The molecule has 4 heterocycles. The first kappa shape index (κ1) is 13.8. The Kier molecular flexibility index (Phi) is 2.88. The van der Waals surface area contributed by atoms with Crippen LogP contribution in [0.4, 0.5) is 0 Å². The molecule has 118 valence electrons. The van der Waals surface area contributed by atoms with Crippen LogP contribution in [0.25, 0.3) is 0 Å². The summed E-state index contributed by atoms with van der Waals surface area (Å²) in [6.07, 6.45) is 4.53. The first-order valence-electron chi connectivity index (χ1n) is 7.94. The van der Waals surface area contributed by atoms with Gasteiger partial charge in [0.2, 0.25) is 5.91 Å². The smallest absolute Gasteiger partial charge is 0.255 e. The Bertz CT molecular complexity index is 612. The summed E-state index contributed by atoms with van der Waals surface area (Å²) in [4.78, 5) is 31.9. The van der Waals surface area contributed by atoms with Crippen LogP contribution in [0.3, 0.4) is 0 Å². The molecule has 1 aromatic rings. The van der Waals surface area contributed by atoms with Gasteiger partial charge in [0.05, 0.1) is 30.7 Å². The highest BCUT2D eigenvalue weighted by Crippen LogP contribution is 2.49. The van der Waals surface area contributed by atoms with Crippen LogP contribution in [-0.2, 0) is 9.53 Å². The molecule has 3 atom stereocenters. The summed E-state index contributed by atoms with van der Waals surface area (Å²) in [6.45, 7) is 5.45. The molecule has 6 nitrogen and oxygen atoms in total. The Hall–Kier alpha value is -1.82. The number of aromatic amines is 1. The van der Waals surface area contributed by atoms with Crippen LogP contribution in [0.2, 0.25) is 0 Å². The molecule has 3 aliphatic rings. The Morgan fingerprint density at radius 2 is 2.32 bits per heavy atom. The maximum absolute atomic E-state index is 12.7. The van der Waals surface area contributed by atoms with Crippen molar-refractivity contribution < 1.29 is 14.3 Å². The lowest BCUT2D eigenvalue weighted by Gasteiger charge is -2.34. The fraction of sp³-hybridized carbons (Fsp3) is 0.625. The van der Waals surface area contributed by atoms with E-state index in [2.05, 4.69) is 18.8 Å². The van der Waals surface area contributed by atoms with E-state index in [1.165, 1.54) is 0 Å². The number of carbonyl (C=O) groups is 2. The number of H-pyrrole nitrogens is 1. The van der Waals surface area contributed by atoms with E-state index in [-0.39, 0.29) is 23.9 Å². The topological polar surface area (TPSA) is 65.6 Å².